The number of carbonyl (C=O) groups excluding carboxylic acids is 2. The Labute approximate surface area is 200 Å². The third-order valence-electron chi connectivity index (χ3n) is 5.17. The Morgan fingerprint density at radius 2 is 1.59 bits per heavy atom. The molecule has 1 aliphatic rings. The molecule has 184 valence electrons. The largest absolute Gasteiger partial charge is 0.462 e. The highest BCUT2D eigenvalue weighted by Gasteiger charge is 2.32. The number of nitrogens with zero attached hydrogens (tertiary/aromatic N) is 1. The number of carbonyl (C=O) groups is 2. The quantitative estimate of drug-likeness (QED) is 0.520. The maximum atomic E-state index is 12.9. The Bertz CT molecular complexity index is 1080. The second-order valence-corrected chi connectivity index (χ2v) is 10.2. The molecule has 10 heteroatoms. The van der Waals surface area contributed by atoms with Crippen LogP contribution in [0.5, 0.6) is 0 Å². The van der Waals surface area contributed by atoms with Gasteiger partial charge in [0.15, 0.2) is 0 Å². The second-order valence-electron chi connectivity index (χ2n) is 8.22. The van der Waals surface area contributed by atoms with E-state index in [-0.39, 0.29) is 35.5 Å². The molecule has 1 aliphatic heterocycles. The van der Waals surface area contributed by atoms with Gasteiger partial charge < -0.3 is 20.1 Å². The third-order valence-corrected chi connectivity index (χ3v) is 7.02. The van der Waals surface area contributed by atoms with Crippen LogP contribution < -0.4 is 10.6 Å². The fourth-order valence-electron chi connectivity index (χ4n) is 3.58. The molecule has 2 aromatic carbocycles. The van der Waals surface area contributed by atoms with Gasteiger partial charge in [0.1, 0.15) is 0 Å². The molecule has 1 amide bonds. The molecule has 3 rings (SSSR count). The first-order valence-corrected chi connectivity index (χ1v) is 12.7. The molecule has 9 nitrogen and oxygen atoms in total. The molecule has 0 aliphatic carbocycles. The molecule has 1 saturated heterocycles. The molecule has 0 aromatic heterocycles. The second kappa shape index (κ2) is 11.5. The van der Waals surface area contributed by atoms with Crippen LogP contribution in [0.4, 0.5) is 11.4 Å². The average molecular weight is 490 g/mol. The van der Waals surface area contributed by atoms with Gasteiger partial charge in [-0.3, -0.25) is 4.79 Å². The molecule has 0 unspecified atom stereocenters. The molecule has 1 fully saturated rings. The fourth-order valence-corrected chi connectivity index (χ4v) is 5.17. The predicted octanol–water partition coefficient (Wildman–Crippen LogP) is 3.10. The van der Waals surface area contributed by atoms with Crippen molar-refractivity contribution in [1.82, 2.24) is 4.31 Å². The van der Waals surface area contributed by atoms with Crippen molar-refractivity contribution in [2.45, 2.75) is 44.3 Å². The van der Waals surface area contributed by atoms with Crippen LogP contribution >= 0.6 is 0 Å². The molecule has 34 heavy (non-hydrogen) atoms. The molecule has 2 N–H and O–H groups in total. The summed E-state index contributed by atoms with van der Waals surface area (Å²) in [5.74, 6) is -0.674. The van der Waals surface area contributed by atoms with Crippen molar-refractivity contribution in [2.24, 2.45) is 0 Å². The van der Waals surface area contributed by atoms with Crippen molar-refractivity contribution < 1.29 is 27.5 Å². The smallest absolute Gasteiger partial charge is 0.338 e. The van der Waals surface area contributed by atoms with Crippen molar-refractivity contribution in [3.63, 3.8) is 0 Å². The van der Waals surface area contributed by atoms with Gasteiger partial charge in [-0.15, -0.1) is 0 Å². The first-order valence-electron chi connectivity index (χ1n) is 11.3. The lowest BCUT2D eigenvalue weighted by atomic mass is 10.2. The summed E-state index contributed by atoms with van der Waals surface area (Å²) in [6.45, 7) is 6.60. The molecule has 0 bridgehead atoms. The van der Waals surface area contributed by atoms with Crippen LogP contribution in [0.25, 0.3) is 0 Å². The van der Waals surface area contributed by atoms with Gasteiger partial charge in [0.25, 0.3) is 0 Å². The number of benzene rings is 2. The van der Waals surface area contributed by atoms with Crippen LogP contribution in [0.1, 0.15) is 37.6 Å². The molecule has 0 radical (unpaired) electrons. The summed E-state index contributed by atoms with van der Waals surface area (Å²) in [6, 6.07) is 12.8. The molecular formula is C24H31N3O6S. The van der Waals surface area contributed by atoms with E-state index < -0.39 is 10.0 Å². The van der Waals surface area contributed by atoms with Gasteiger partial charge in [-0.05, 0) is 68.8 Å². The molecule has 2 aromatic rings. The lowest BCUT2D eigenvalue weighted by Gasteiger charge is -2.34. The number of anilines is 2. The van der Waals surface area contributed by atoms with Crippen LogP contribution in [-0.4, -0.2) is 63.0 Å². The Kier molecular flexibility index (Phi) is 8.65. The fraction of sp³-hybridized carbons (Fsp3) is 0.417. The summed E-state index contributed by atoms with van der Waals surface area (Å²) in [5, 5.41) is 5.72. The van der Waals surface area contributed by atoms with Crippen LogP contribution in [0.3, 0.4) is 0 Å². The average Bonchev–Trinajstić information content (AvgIpc) is 2.81. The number of amides is 1. The first-order chi connectivity index (χ1) is 16.2. The topological polar surface area (TPSA) is 114 Å². The number of rotatable bonds is 9. The standard InChI is InChI=1S/C24H31N3O6S/c1-4-13-32-24(29)19-5-7-20(8-6-19)25-14-23(28)26-21-9-11-22(12-10-21)34(30,31)27-15-17(2)33-18(3)16-27/h5-12,17-18,25H,4,13-16H2,1-3H3,(H,26,28)/t17-,18-/m1/s1. The number of sulfonamides is 1. The number of nitrogens with one attached hydrogen (secondary N) is 2. The van der Waals surface area contributed by atoms with Gasteiger partial charge in [-0.1, -0.05) is 6.92 Å². The van der Waals surface area contributed by atoms with Gasteiger partial charge in [-0.25, -0.2) is 13.2 Å². The van der Waals surface area contributed by atoms with E-state index in [2.05, 4.69) is 10.6 Å². The van der Waals surface area contributed by atoms with E-state index in [0.717, 1.165) is 6.42 Å². The molecular weight excluding hydrogens is 458 g/mol. The normalized spacial score (nSPS) is 18.8. The predicted molar refractivity (Wildman–Crippen MR) is 129 cm³/mol. The summed E-state index contributed by atoms with van der Waals surface area (Å²) >= 11 is 0. The Hall–Kier alpha value is -2.95. The van der Waals surface area contributed by atoms with Gasteiger partial charge in [0.2, 0.25) is 15.9 Å². The van der Waals surface area contributed by atoms with Crippen molar-refractivity contribution in [2.75, 3.05) is 36.9 Å². The highest BCUT2D eigenvalue weighted by Crippen LogP contribution is 2.22. The summed E-state index contributed by atoms with van der Waals surface area (Å²) in [6.07, 6.45) is 0.414. The SMILES string of the molecule is CCCOC(=O)c1ccc(NCC(=O)Nc2ccc(S(=O)(=O)N3C[C@@H](C)O[C@H](C)C3)cc2)cc1. The van der Waals surface area contributed by atoms with Crippen molar-refractivity contribution in [1.29, 1.82) is 0 Å². The third kappa shape index (κ3) is 6.78. The van der Waals surface area contributed by atoms with Crippen LogP contribution in [0, 0.1) is 0 Å². The van der Waals surface area contributed by atoms with Crippen LogP contribution in [0.15, 0.2) is 53.4 Å². The lowest BCUT2D eigenvalue weighted by Crippen LogP contribution is -2.48. The summed E-state index contributed by atoms with van der Waals surface area (Å²) in [4.78, 5) is 24.3. The van der Waals surface area contributed by atoms with Crippen molar-refractivity contribution >= 4 is 33.3 Å². The number of ether oxygens (including phenoxy) is 2. The summed E-state index contributed by atoms with van der Waals surface area (Å²) in [5.41, 5.74) is 1.61. The van der Waals surface area contributed by atoms with E-state index in [4.69, 9.17) is 9.47 Å². The monoisotopic (exact) mass is 489 g/mol. The van der Waals surface area contributed by atoms with Crippen LogP contribution in [-0.2, 0) is 24.3 Å². The van der Waals surface area contributed by atoms with E-state index in [1.807, 2.05) is 20.8 Å². The summed E-state index contributed by atoms with van der Waals surface area (Å²) in [7, 11) is -3.64. The minimum Gasteiger partial charge on any atom is -0.462 e. The Morgan fingerprint density at radius 1 is 1.00 bits per heavy atom. The van der Waals surface area contributed by atoms with Crippen molar-refractivity contribution in [3.8, 4) is 0 Å². The van der Waals surface area contributed by atoms with E-state index in [1.165, 1.54) is 16.4 Å². The highest BCUT2D eigenvalue weighted by molar-refractivity contribution is 7.89. The zero-order valence-electron chi connectivity index (χ0n) is 19.6. The zero-order chi connectivity index (χ0) is 24.7. The number of hydrogen-bond acceptors (Lipinski definition) is 7. The van der Waals surface area contributed by atoms with E-state index >= 15 is 0 Å². The molecule has 1 heterocycles. The van der Waals surface area contributed by atoms with Gasteiger partial charge in [-0.2, -0.15) is 4.31 Å². The van der Waals surface area contributed by atoms with E-state index in [0.29, 0.717) is 36.6 Å². The minimum atomic E-state index is -3.64. The van der Waals surface area contributed by atoms with Crippen molar-refractivity contribution in [3.05, 3.63) is 54.1 Å². The molecule has 2 atom stereocenters. The Morgan fingerprint density at radius 3 is 2.18 bits per heavy atom. The van der Waals surface area contributed by atoms with Gasteiger partial charge in [0.05, 0.1) is 35.8 Å². The number of morpholine rings is 1. The molecule has 0 spiro atoms. The maximum Gasteiger partial charge on any atom is 0.338 e. The minimum absolute atomic E-state index is 0.00321. The Balaban J connectivity index is 1.52. The molecule has 0 saturated carbocycles. The number of hydrogen-bond donors (Lipinski definition) is 2. The lowest BCUT2D eigenvalue weighted by molar-refractivity contribution is -0.114. The van der Waals surface area contributed by atoms with Gasteiger partial charge in [0, 0.05) is 24.5 Å². The number of esters is 1. The maximum absolute atomic E-state index is 12.9. The van der Waals surface area contributed by atoms with Crippen LogP contribution in [0.2, 0.25) is 0 Å². The zero-order valence-corrected chi connectivity index (χ0v) is 20.4. The van der Waals surface area contributed by atoms with E-state index in [1.54, 1.807) is 36.4 Å². The van der Waals surface area contributed by atoms with E-state index in [9.17, 15) is 18.0 Å². The van der Waals surface area contributed by atoms with Gasteiger partial charge >= 0.3 is 5.97 Å². The first kappa shape index (κ1) is 25.7. The highest BCUT2D eigenvalue weighted by atomic mass is 32.2. The summed E-state index contributed by atoms with van der Waals surface area (Å²) < 4.78 is 38.0.